The van der Waals surface area contributed by atoms with Gasteiger partial charge in [-0.3, -0.25) is 4.79 Å². The van der Waals surface area contributed by atoms with Crippen molar-refractivity contribution in [2.45, 2.75) is 30.7 Å². The van der Waals surface area contributed by atoms with E-state index < -0.39 is 76.2 Å². The number of phenols is 4. The molecule has 34 heavy (non-hydrogen) atoms. The Morgan fingerprint density at radius 1 is 0.882 bits per heavy atom. The van der Waals surface area contributed by atoms with Gasteiger partial charge in [-0.25, -0.2) is 4.79 Å². The third-order valence-electron chi connectivity index (χ3n) is 5.25. The first kappa shape index (κ1) is 23.1. The third kappa shape index (κ3) is 3.82. The Kier molecular flexibility index (Phi) is 5.70. The Hall–Kier alpha value is -4.04. The van der Waals surface area contributed by atoms with Gasteiger partial charge in [0.2, 0.25) is 12.0 Å². The van der Waals surface area contributed by atoms with Crippen LogP contribution < -0.4 is 10.2 Å². The van der Waals surface area contributed by atoms with Gasteiger partial charge in [0.1, 0.15) is 35.0 Å². The summed E-state index contributed by atoms with van der Waals surface area (Å²) >= 11 is 0. The molecule has 2 unspecified atom stereocenters. The van der Waals surface area contributed by atoms with E-state index in [-0.39, 0.29) is 16.9 Å². The predicted molar refractivity (Wildman–Crippen MR) is 110 cm³/mol. The first-order valence-electron chi connectivity index (χ1n) is 9.64. The highest BCUT2D eigenvalue weighted by atomic mass is 16.7. The van der Waals surface area contributed by atoms with Crippen LogP contribution in [0.15, 0.2) is 39.5 Å². The SMILES string of the molecule is O=C(O)C1O[C@@H](Oc2cc3oc(-c4ccc(O)c(O)c4)cc(=O)c3c(O)c2O)C(O)[C@@H](O)[C@@H]1O. The Bertz CT molecular complexity index is 1330. The standard InChI is InChI=1S/C21H18O13/c22-7-2-1-6(3-8(7)23)10-4-9(24)13-11(32-10)5-12(14(25)15(13)26)33-21-18(29)16(27)17(28)19(34-21)20(30)31/h1-5,16-19,21-23,25-29H,(H,30,31)/t16-,17-,18?,19?,21+/m0/s1. The lowest BCUT2D eigenvalue weighted by Crippen LogP contribution is -2.61. The molecule has 1 aromatic heterocycles. The second-order valence-corrected chi connectivity index (χ2v) is 7.48. The molecule has 13 nitrogen and oxygen atoms in total. The molecule has 0 aliphatic carbocycles. The van der Waals surface area contributed by atoms with Crippen LogP contribution in [0.4, 0.5) is 0 Å². The van der Waals surface area contributed by atoms with Crippen LogP contribution in [0.1, 0.15) is 0 Å². The topological polar surface area (TPSA) is 228 Å². The lowest BCUT2D eigenvalue weighted by atomic mass is 9.99. The molecule has 4 rings (SSSR count). The maximum atomic E-state index is 12.6. The zero-order valence-electron chi connectivity index (χ0n) is 16.9. The molecule has 2 heterocycles. The molecule has 0 radical (unpaired) electrons. The summed E-state index contributed by atoms with van der Waals surface area (Å²) in [6, 6.07) is 5.51. The molecule has 5 atom stereocenters. The Balaban J connectivity index is 1.78. The lowest BCUT2D eigenvalue weighted by molar-refractivity contribution is -0.271. The number of hydrogen-bond donors (Lipinski definition) is 8. The van der Waals surface area contributed by atoms with Crippen LogP contribution >= 0.6 is 0 Å². The summed E-state index contributed by atoms with van der Waals surface area (Å²) in [6.07, 6.45) is -9.81. The van der Waals surface area contributed by atoms with E-state index in [4.69, 9.17) is 19.0 Å². The number of carbonyl (C=O) groups is 1. The molecule has 13 heteroatoms. The number of aromatic hydroxyl groups is 4. The third-order valence-corrected chi connectivity index (χ3v) is 5.25. The van der Waals surface area contributed by atoms with Crippen LogP contribution in [0.5, 0.6) is 28.7 Å². The van der Waals surface area contributed by atoms with Crippen LogP contribution in [-0.2, 0) is 9.53 Å². The van der Waals surface area contributed by atoms with Crippen LogP contribution in [0, 0.1) is 0 Å². The number of carboxylic acids is 1. The highest BCUT2D eigenvalue weighted by molar-refractivity contribution is 5.89. The molecular weight excluding hydrogens is 460 g/mol. The minimum absolute atomic E-state index is 0.0951. The van der Waals surface area contributed by atoms with Crippen molar-refractivity contribution in [2.75, 3.05) is 0 Å². The number of aliphatic hydroxyl groups excluding tert-OH is 3. The molecule has 8 N–H and O–H groups in total. The fourth-order valence-electron chi connectivity index (χ4n) is 3.45. The molecule has 1 fully saturated rings. The molecule has 2 aromatic carbocycles. The smallest absolute Gasteiger partial charge is 0.335 e. The average Bonchev–Trinajstić information content (AvgIpc) is 2.78. The molecule has 0 spiro atoms. The maximum Gasteiger partial charge on any atom is 0.335 e. The lowest BCUT2D eigenvalue weighted by Gasteiger charge is -2.38. The van der Waals surface area contributed by atoms with Crippen LogP contribution in [0.3, 0.4) is 0 Å². The number of aliphatic carboxylic acids is 1. The molecule has 1 saturated heterocycles. The van der Waals surface area contributed by atoms with Gasteiger partial charge >= 0.3 is 5.97 Å². The van der Waals surface area contributed by atoms with Gasteiger partial charge in [-0.05, 0) is 18.2 Å². The van der Waals surface area contributed by atoms with Crippen molar-refractivity contribution in [3.63, 3.8) is 0 Å². The first-order chi connectivity index (χ1) is 16.0. The van der Waals surface area contributed by atoms with Gasteiger partial charge < -0.3 is 54.7 Å². The van der Waals surface area contributed by atoms with Gasteiger partial charge in [0.05, 0.1) is 0 Å². The largest absolute Gasteiger partial charge is 0.504 e. The quantitative estimate of drug-likeness (QED) is 0.223. The number of hydrogen-bond acceptors (Lipinski definition) is 12. The van der Waals surface area contributed by atoms with E-state index in [1.54, 1.807) is 0 Å². The van der Waals surface area contributed by atoms with E-state index in [1.165, 1.54) is 6.07 Å². The second-order valence-electron chi connectivity index (χ2n) is 7.48. The number of phenolic OH excluding ortho intramolecular Hbond substituents is 4. The minimum atomic E-state index is -1.98. The van der Waals surface area contributed by atoms with Gasteiger partial charge in [-0.2, -0.15) is 0 Å². The van der Waals surface area contributed by atoms with E-state index in [9.17, 15) is 45.3 Å². The zero-order valence-corrected chi connectivity index (χ0v) is 16.9. The number of carboxylic acid groups (broad SMARTS) is 1. The first-order valence-corrected chi connectivity index (χ1v) is 9.64. The van der Waals surface area contributed by atoms with E-state index in [0.717, 1.165) is 24.3 Å². The summed E-state index contributed by atoms with van der Waals surface area (Å²) in [5.41, 5.74) is -0.931. The number of aliphatic hydroxyl groups is 3. The van der Waals surface area contributed by atoms with Crippen molar-refractivity contribution >= 4 is 16.9 Å². The summed E-state index contributed by atoms with van der Waals surface area (Å²) in [7, 11) is 0. The summed E-state index contributed by atoms with van der Waals surface area (Å²) in [5, 5.41) is 78.3. The van der Waals surface area contributed by atoms with Gasteiger partial charge in [0, 0.05) is 17.7 Å². The number of fused-ring (bicyclic) bond motifs is 1. The number of ether oxygens (including phenoxy) is 2. The highest BCUT2D eigenvalue weighted by Gasteiger charge is 2.48. The fraction of sp³-hybridized carbons (Fsp3) is 0.238. The van der Waals surface area contributed by atoms with Gasteiger partial charge in [-0.15, -0.1) is 0 Å². The van der Waals surface area contributed by atoms with Gasteiger partial charge in [0.25, 0.3) is 0 Å². The number of rotatable bonds is 4. The summed E-state index contributed by atoms with van der Waals surface area (Å²) < 4.78 is 15.8. The Morgan fingerprint density at radius 3 is 2.24 bits per heavy atom. The van der Waals surface area contributed by atoms with Crippen molar-refractivity contribution in [3.8, 4) is 40.1 Å². The van der Waals surface area contributed by atoms with Crippen LogP contribution in [0.25, 0.3) is 22.3 Å². The fourth-order valence-corrected chi connectivity index (χ4v) is 3.45. The van der Waals surface area contributed by atoms with Crippen LogP contribution in [-0.4, -0.2) is 77.5 Å². The van der Waals surface area contributed by atoms with Gasteiger partial charge in [-0.1, -0.05) is 0 Å². The molecular formula is C21H18O13. The van der Waals surface area contributed by atoms with E-state index in [0.29, 0.717) is 0 Å². The van der Waals surface area contributed by atoms with Crippen molar-refractivity contribution in [1.82, 2.24) is 0 Å². The van der Waals surface area contributed by atoms with Crippen molar-refractivity contribution in [1.29, 1.82) is 0 Å². The average molecular weight is 478 g/mol. The van der Waals surface area contributed by atoms with Crippen molar-refractivity contribution < 1.29 is 59.5 Å². The summed E-state index contributed by atoms with van der Waals surface area (Å²) in [5.74, 6) is -5.21. The highest BCUT2D eigenvalue weighted by Crippen LogP contribution is 2.43. The Labute approximate surface area is 188 Å². The summed E-state index contributed by atoms with van der Waals surface area (Å²) in [6.45, 7) is 0. The maximum absolute atomic E-state index is 12.6. The molecule has 0 amide bonds. The number of benzene rings is 2. The molecule has 0 saturated carbocycles. The van der Waals surface area contributed by atoms with Crippen LogP contribution in [0.2, 0.25) is 0 Å². The normalized spacial score (nSPS) is 24.7. The van der Waals surface area contributed by atoms with Crippen molar-refractivity contribution in [3.05, 3.63) is 40.6 Å². The van der Waals surface area contributed by atoms with E-state index in [1.807, 2.05) is 0 Å². The molecule has 180 valence electrons. The second kappa shape index (κ2) is 8.39. The van der Waals surface area contributed by atoms with E-state index >= 15 is 0 Å². The van der Waals surface area contributed by atoms with Crippen molar-refractivity contribution in [2.24, 2.45) is 0 Å². The van der Waals surface area contributed by atoms with E-state index in [2.05, 4.69) is 0 Å². The molecule has 1 aliphatic heterocycles. The molecule has 0 bridgehead atoms. The molecule has 1 aliphatic rings. The minimum Gasteiger partial charge on any atom is -0.504 e. The Morgan fingerprint density at radius 2 is 1.59 bits per heavy atom. The zero-order chi connectivity index (χ0) is 24.9. The molecule has 3 aromatic rings. The predicted octanol–water partition coefficient (Wildman–Crippen LogP) is -0.447. The van der Waals surface area contributed by atoms with Gasteiger partial charge in [0.15, 0.2) is 34.5 Å². The monoisotopic (exact) mass is 478 g/mol. The summed E-state index contributed by atoms with van der Waals surface area (Å²) in [4.78, 5) is 23.8.